The number of carbonyl (C=O) groups excluding carboxylic acids is 2. The summed E-state index contributed by atoms with van der Waals surface area (Å²) in [5.74, 6) is 2.03. The molecule has 3 fully saturated rings. The van der Waals surface area contributed by atoms with Gasteiger partial charge in [0.2, 0.25) is 0 Å². The summed E-state index contributed by atoms with van der Waals surface area (Å²) in [6, 6.07) is 0. The zero-order chi connectivity index (χ0) is 23.5. The van der Waals surface area contributed by atoms with E-state index in [0.29, 0.717) is 35.9 Å². The molecule has 7 atom stereocenters. The zero-order valence-electron chi connectivity index (χ0n) is 20.9. The predicted octanol–water partition coefficient (Wildman–Crippen LogP) is 6.63. The minimum absolute atomic E-state index is 0.0327. The van der Waals surface area contributed by atoms with Crippen molar-refractivity contribution in [3.63, 3.8) is 0 Å². The molecule has 3 saturated carbocycles. The number of allylic oxidation sites excluding steroid dienone is 3. The highest BCUT2D eigenvalue weighted by Crippen LogP contribution is 2.69. The van der Waals surface area contributed by atoms with Crippen molar-refractivity contribution < 1.29 is 14.3 Å². The van der Waals surface area contributed by atoms with Gasteiger partial charge in [0.25, 0.3) is 0 Å². The van der Waals surface area contributed by atoms with Gasteiger partial charge in [0.15, 0.2) is 11.6 Å². The Kier molecular flexibility index (Phi) is 5.98. The number of Topliss-reactive ketones (excluding diaryl/α,β-unsaturated/α-hetero) is 1. The zero-order valence-corrected chi connectivity index (χ0v) is 20.9. The van der Waals surface area contributed by atoms with E-state index in [-0.39, 0.29) is 22.4 Å². The number of ketones is 2. The van der Waals surface area contributed by atoms with Crippen molar-refractivity contribution in [2.24, 2.45) is 34.5 Å². The van der Waals surface area contributed by atoms with Crippen LogP contribution in [-0.2, 0) is 14.3 Å². The highest BCUT2D eigenvalue weighted by atomic mass is 16.5. The fourth-order valence-electron chi connectivity index (χ4n) is 8.49. The third-order valence-corrected chi connectivity index (χ3v) is 10.3. The lowest BCUT2D eigenvalue weighted by molar-refractivity contribution is -0.175. The monoisotopic (exact) mass is 438 g/mol. The van der Waals surface area contributed by atoms with Gasteiger partial charge < -0.3 is 4.74 Å². The minimum Gasteiger partial charge on any atom is -0.367 e. The van der Waals surface area contributed by atoms with Crippen molar-refractivity contribution in [3.05, 3.63) is 36.0 Å². The Balaban J connectivity index is 1.69. The number of fused-ring (bicyclic) bond motifs is 5. The van der Waals surface area contributed by atoms with Gasteiger partial charge in [-0.3, -0.25) is 9.59 Å². The molecule has 4 rings (SSSR count). The summed E-state index contributed by atoms with van der Waals surface area (Å²) in [7, 11) is 0. The fraction of sp³-hybridized carbons (Fsp3) is 0.724. The molecule has 0 aromatic rings. The number of rotatable bonds is 6. The number of hydrogen-bond donors (Lipinski definition) is 0. The van der Waals surface area contributed by atoms with Gasteiger partial charge in [-0.15, -0.1) is 0 Å². The molecule has 0 aliphatic heterocycles. The molecule has 0 N–H and O–H groups in total. The lowest BCUT2D eigenvalue weighted by Crippen LogP contribution is -2.59. The van der Waals surface area contributed by atoms with E-state index in [1.807, 2.05) is 6.08 Å². The first-order valence-corrected chi connectivity index (χ1v) is 12.8. The van der Waals surface area contributed by atoms with Gasteiger partial charge in [-0.1, -0.05) is 59.3 Å². The van der Waals surface area contributed by atoms with Crippen LogP contribution in [0.2, 0.25) is 0 Å². The average Bonchev–Trinajstić information content (AvgIpc) is 3.05. The molecule has 0 aromatic carbocycles. The largest absolute Gasteiger partial charge is 0.367 e. The number of hydrogen-bond acceptors (Lipinski definition) is 3. The molecule has 0 radical (unpaired) electrons. The van der Waals surface area contributed by atoms with E-state index in [1.54, 1.807) is 6.92 Å². The van der Waals surface area contributed by atoms with Gasteiger partial charge in [0.05, 0.1) is 0 Å². The second kappa shape index (κ2) is 8.08. The minimum atomic E-state index is -0.639. The van der Waals surface area contributed by atoms with Crippen LogP contribution in [0.4, 0.5) is 0 Å². The van der Waals surface area contributed by atoms with Crippen LogP contribution in [-0.4, -0.2) is 23.8 Å². The van der Waals surface area contributed by atoms with Crippen molar-refractivity contribution in [3.8, 4) is 0 Å². The Morgan fingerprint density at radius 3 is 2.50 bits per heavy atom. The van der Waals surface area contributed by atoms with Crippen molar-refractivity contribution in [2.75, 3.05) is 6.61 Å². The molecule has 4 aliphatic rings. The number of carbonyl (C=O) groups is 2. The highest BCUT2D eigenvalue weighted by Gasteiger charge is 2.67. The molecular formula is C29H42O3. The van der Waals surface area contributed by atoms with E-state index in [0.717, 1.165) is 56.9 Å². The van der Waals surface area contributed by atoms with Crippen molar-refractivity contribution in [2.45, 2.75) is 91.6 Å². The van der Waals surface area contributed by atoms with E-state index in [9.17, 15) is 9.59 Å². The topological polar surface area (TPSA) is 43.4 Å². The summed E-state index contributed by atoms with van der Waals surface area (Å²) in [6.07, 6.45) is 10.2. The summed E-state index contributed by atoms with van der Waals surface area (Å²) in [5.41, 5.74) is 1.82. The summed E-state index contributed by atoms with van der Waals surface area (Å²) in [5, 5.41) is 0. The third kappa shape index (κ3) is 3.02. The predicted molar refractivity (Wildman–Crippen MR) is 129 cm³/mol. The molecule has 32 heavy (non-hydrogen) atoms. The van der Waals surface area contributed by atoms with Crippen molar-refractivity contribution in [1.29, 1.82) is 0 Å². The fourth-order valence-corrected chi connectivity index (χ4v) is 8.49. The first-order valence-electron chi connectivity index (χ1n) is 12.8. The van der Waals surface area contributed by atoms with Gasteiger partial charge in [0.1, 0.15) is 5.60 Å². The smallest absolute Gasteiger partial charge is 0.185 e. The van der Waals surface area contributed by atoms with Crippen LogP contribution in [0.1, 0.15) is 86.0 Å². The average molecular weight is 439 g/mol. The van der Waals surface area contributed by atoms with Gasteiger partial charge >= 0.3 is 0 Å². The van der Waals surface area contributed by atoms with Gasteiger partial charge in [-0.25, -0.2) is 0 Å². The lowest BCUT2D eigenvalue weighted by atomic mass is 9.43. The second-order valence-electron chi connectivity index (χ2n) is 11.6. The molecule has 176 valence electrons. The first kappa shape index (κ1) is 23.7. The lowest BCUT2D eigenvalue weighted by Gasteiger charge is -2.61. The first-order chi connectivity index (χ1) is 15.0. The molecule has 0 aromatic heterocycles. The maximum absolute atomic E-state index is 13.1. The Hall–Kier alpha value is -1.48. The molecule has 0 heterocycles. The van der Waals surface area contributed by atoms with Gasteiger partial charge in [-0.05, 0) is 80.8 Å². The Morgan fingerprint density at radius 2 is 1.84 bits per heavy atom. The molecule has 3 heteroatoms. The van der Waals surface area contributed by atoms with Gasteiger partial charge in [-0.2, -0.15) is 0 Å². The quantitative estimate of drug-likeness (QED) is 0.345. The second-order valence-corrected chi connectivity index (χ2v) is 11.6. The standard InChI is InChI=1S/C29H42O3/c1-8-9-10-15-32-29(21(5)30)14-12-23-22-16-18(2)25-17-26(31)19(3)20(4)28(25,7)24(22)11-13-27(23,29)6/h17-18,22-24H,3-4,8-16H2,1-2,5-7H3/t18?,22-,23-,24-,27-,28+,29-/m0/s1. The summed E-state index contributed by atoms with van der Waals surface area (Å²) in [6.45, 7) is 20.1. The van der Waals surface area contributed by atoms with E-state index in [2.05, 4.69) is 40.9 Å². The van der Waals surface area contributed by atoms with Crippen LogP contribution >= 0.6 is 0 Å². The summed E-state index contributed by atoms with van der Waals surface area (Å²) in [4.78, 5) is 25.7. The van der Waals surface area contributed by atoms with E-state index in [4.69, 9.17) is 4.74 Å². The molecule has 1 unspecified atom stereocenters. The molecule has 0 saturated heterocycles. The molecule has 0 amide bonds. The molecule has 0 bridgehead atoms. The maximum atomic E-state index is 13.1. The van der Waals surface area contributed by atoms with Crippen molar-refractivity contribution >= 4 is 11.6 Å². The van der Waals surface area contributed by atoms with Crippen LogP contribution in [0.25, 0.3) is 0 Å². The molecule has 3 nitrogen and oxygen atoms in total. The number of unbranched alkanes of at least 4 members (excludes halogenated alkanes) is 2. The Labute approximate surface area is 194 Å². The van der Waals surface area contributed by atoms with Crippen LogP contribution in [0.5, 0.6) is 0 Å². The van der Waals surface area contributed by atoms with Crippen LogP contribution < -0.4 is 0 Å². The molecule has 0 spiro atoms. The summed E-state index contributed by atoms with van der Waals surface area (Å²) >= 11 is 0. The van der Waals surface area contributed by atoms with E-state index < -0.39 is 5.60 Å². The van der Waals surface area contributed by atoms with Crippen LogP contribution in [0.15, 0.2) is 36.0 Å². The molecule has 4 aliphatic carbocycles. The van der Waals surface area contributed by atoms with Crippen LogP contribution in [0, 0.1) is 34.5 Å². The Bertz CT molecular complexity index is 881. The molecular weight excluding hydrogens is 396 g/mol. The SMILES string of the molecule is C=C1C(=C)[C@@]2(C)C(=CC1=O)C(C)C[C@@H]1[C@@H]2CC[C@@]2(C)[C@H]1CC[C@]2(OCCCCC)C(C)=O. The number of ether oxygens (including phenoxy) is 1. The highest BCUT2D eigenvalue weighted by molar-refractivity contribution is 6.09. The normalized spacial score (nSPS) is 43.4. The third-order valence-electron chi connectivity index (χ3n) is 10.3. The van der Waals surface area contributed by atoms with Crippen molar-refractivity contribution in [1.82, 2.24) is 0 Å². The Morgan fingerprint density at radius 1 is 1.16 bits per heavy atom. The van der Waals surface area contributed by atoms with Crippen LogP contribution in [0.3, 0.4) is 0 Å². The van der Waals surface area contributed by atoms with E-state index >= 15 is 0 Å². The summed E-state index contributed by atoms with van der Waals surface area (Å²) < 4.78 is 6.58. The van der Waals surface area contributed by atoms with E-state index in [1.165, 1.54) is 5.57 Å². The maximum Gasteiger partial charge on any atom is 0.185 e. The van der Waals surface area contributed by atoms with Gasteiger partial charge in [0, 0.05) is 23.0 Å².